The first kappa shape index (κ1) is 15.2. The van der Waals surface area contributed by atoms with Gasteiger partial charge in [0.15, 0.2) is 0 Å². The summed E-state index contributed by atoms with van der Waals surface area (Å²) in [6, 6.07) is 13.5. The van der Waals surface area contributed by atoms with Crippen LogP contribution >= 0.6 is 15.9 Å². The number of halogens is 2. The maximum Gasteiger partial charge on any atom is 0.123 e. The zero-order chi connectivity index (χ0) is 14.5. The lowest BCUT2D eigenvalue weighted by Gasteiger charge is -2.20. The van der Waals surface area contributed by atoms with Crippen LogP contribution in [0.1, 0.15) is 29.7 Å². The first-order valence-electron chi connectivity index (χ1n) is 6.84. The summed E-state index contributed by atoms with van der Waals surface area (Å²) in [4.78, 5) is 0. The van der Waals surface area contributed by atoms with E-state index in [1.807, 2.05) is 0 Å². The second kappa shape index (κ2) is 7.00. The Labute approximate surface area is 128 Å². The smallest absolute Gasteiger partial charge is 0.123 e. The molecule has 0 saturated carbocycles. The van der Waals surface area contributed by atoms with Crippen molar-refractivity contribution in [3.05, 3.63) is 69.4 Å². The fourth-order valence-electron chi connectivity index (χ4n) is 2.36. The van der Waals surface area contributed by atoms with Gasteiger partial charge < -0.3 is 5.32 Å². The highest BCUT2D eigenvalue weighted by Gasteiger charge is 2.13. The van der Waals surface area contributed by atoms with E-state index in [-0.39, 0.29) is 11.9 Å². The van der Waals surface area contributed by atoms with E-state index in [9.17, 15) is 4.39 Å². The summed E-state index contributed by atoms with van der Waals surface area (Å²) in [5.41, 5.74) is 3.46. The van der Waals surface area contributed by atoms with Gasteiger partial charge in [0, 0.05) is 10.5 Å². The number of rotatable bonds is 5. The topological polar surface area (TPSA) is 12.0 Å². The van der Waals surface area contributed by atoms with Crippen molar-refractivity contribution in [2.24, 2.45) is 0 Å². The lowest BCUT2D eigenvalue weighted by atomic mass is 9.97. The first-order valence-corrected chi connectivity index (χ1v) is 7.63. The van der Waals surface area contributed by atoms with Crippen LogP contribution in [0, 0.1) is 12.7 Å². The lowest BCUT2D eigenvalue weighted by Crippen LogP contribution is -2.23. The third-order valence-electron chi connectivity index (χ3n) is 3.33. The lowest BCUT2D eigenvalue weighted by molar-refractivity contribution is 0.545. The summed E-state index contributed by atoms with van der Waals surface area (Å²) in [7, 11) is 0. The van der Waals surface area contributed by atoms with Gasteiger partial charge in [-0.05, 0) is 49.2 Å². The molecular formula is C17H19BrFN. The van der Waals surface area contributed by atoms with Crippen molar-refractivity contribution >= 4 is 15.9 Å². The molecule has 0 aromatic heterocycles. The molecule has 0 aliphatic rings. The van der Waals surface area contributed by atoms with Gasteiger partial charge in [-0.2, -0.15) is 0 Å². The molecule has 0 bridgehead atoms. The number of benzene rings is 2. The normalized spacial score (nSPS) is 12.4. The number of nitrogens with one attached hydrogen (secondary N) is 1. The molecule has 1 N–H and O–H groups in total. The van der Waals surface area contributed by atoms with E-state index in [0.29, 0.717) is 0 Å². The van der Waals surface area contributed by atoms with Crippen molar-refractivity contribution in [3.8, 4) is 0 Å². The molecule has 1 unspecified atom stereocenters. The molecule has 3 heteroatoms. The summed E-state index contributed by atoms with van der Waals surface area (Å²) in [6.07, 6.45) is 0.760. The Bertz CT molecular complexity index is 583. The number of hydrogen-bond donors (Lipinski definition) is 1. The minimum absolute atomic E-state index is 0.192. The molecule has 1 atom stereocenters. The molecule has 0 spiro atoms. The van der Waals surface area contributed by atoms with Crippen LogP contribution in [-0.2, 0) is 6.42 Å². The molecule has 0 radical (unpaired) electrons. The summed E-state index contributed by atoms with van der Waals surface area (Å²) >= 11 is 3.50. The molecule has 106 valence electrons. The standard InChI is InChI=1S/C17H19BrFN/c1-3-20-17(13-6-4-5-12(2)9-13)11-14-10-15(19)7-8-16(14)18/h4-10,17,20H,3,11H2,1-2H3. The largest absolute Gasteiger partial charge is 0.310 e. The van der Waals surface area contributed by atoms with Gasteiger partial charge in [-0.15, -0.1) is 0 Å². The number of aryl methyl sites for hydroxylation is 1. The van der Waals surface area contributed by atoms with E-state index in [2.05, 4.69) is 59.4 Å². The van der Waals surface area contributed by atoms with E-state index in [1.165, 1.54) is 17.2 Å². The summed E-state index contributed by atoms with van der Waals surface area (Å²) < 4.78 is 14.4. The van der Waals surface area contributed by atoms with Crippen LogP contribution in [0.15, 0.2) is 46.9 Å². The average molecular weight is 336 g/mol. The van der Waals surface area contributed by atoms with Gasteiger partial charge in [-0.3, -0.25) is 0 Å². The zero-order valence-corrected chi connectivity index (χ0v) is 13.4. The van der Waals surface area contributed by atoms with E-state index in [4.69, 9.17) is 0 Å². The summed E-state index contributed by atoms with van der Waals surface area (Å²) in [5.74, 6) is -0.192. The predicted molar refractivity (Wildman–Crippen MR) is 85.4 cm³/mol. The molecule has 0 aliphatic heterocycles. The van der Waals surface area contributed by atoms with Gasteiger partial charge in [0.1, 0.15) is 5.82 Å². The zero-order valence-electron chi connectivity index (χ0n) is 11.8. The Morgan fingerprint density at radius 2 is 2.00 bits per heavy atom. The van der Waals surface area contributed by atoms with Gasteiger partial charge >= 0.3 is 0 Å². The highest BCUT2D eigenvalue weighted by molar-refractivity contribution is 9.10. The van der Waals surface area contributed by atoms with E-state index >= 15 is 0 Å². The maximum absolute atomic E-state index is 13.4. The molecule has 0 heterocycles. The van der Waals surface area contributed by atoms with Gasteiger partial charge in [0.25, 0.3) is 0 Å². The van der Waals surface area contributed by atoms with Crippen LogP contribution in [0.2, 0.25) is 0 Å². The van der Waals surface area contributed by atoms with Crippen molar-refractivity contribution in [2.75, 3.05) is 6.54 Å². The van der Waals surface area contributed by atoms with Crippen LogP contribution in [0.4, 0.5) is 4.39 Å². The Morgan fingerprint density at radius 1 is 1.20 bits per heavy atom. The molecule has 2 rings (SSSR count). The highest BCUT2D eigenvalue weighted by Crippen LogP contribution is 2.25. The molecule has 0 aliphatic carbocycles. The SMILES string of the molecule is CCNC(Cc1cc(F)ccc1Br)c1cccc(C)c1. The van der Waals surface area contributed by atoms with Gasteiger partial charge in [0.05, 0.1) is 0 Å². The summed E-state index contributed by atoms with van der Waals surface area (Å²) in [6.45, 7) is 5.06. The predicted octanol–water partition coefficient (Wildman–Crippen LogP) is 4.79. The van der Waals surface area contributed by atoms with Crippen molar-refractivity contribution in [3.63, 3.8) is 0 Å². The first-order chi connectivity index (χ1) is 9.60. The Kier molecular flexibility index (Phi) is 5.32. The molecular weight excluding hydrogens is 317 g/mol. The van der Waals surface area contributed by atoms with Crippen LogP contribution in [0.3, 0.4) is 0 Å². The third-order valence-corrected chi connectivity index (χ3v) is 4.10. The Hall–Kier alpha value is -1.19. The monoisotopic (exact) mass is 335 g/mol. The van der Waals surface area contributed by atoms with Crippen molar-refractivity contribution < 1.29 is 4.39 Å². The number of likely N-dealkylation sites (N-methyl/N-ethyl adjacent to an activating group) is 1. The molecule has 2 aromatic carbocycles. The fraction of sp³-hybridized carbons (Fsp3) is 0.294. The molecule has 0 fully saturated rings. The van der Waals surface area contributed by atoms with Crippen molar-refractivity contribution in [1.29, 1.82) is 0 Å². The Morgan fingerprint density at radius 3 is 2.70 bits per heavy atom. The van der Waals surface area contributed by atoms with Crippen LogP contribution in [0.5, 0.6) is 0 Å². The van der Waals surface area contributed by atoms with Crippen LogP contribution in [0.25, 0.3) is 0 Å². The van der Waals surface area contributed by atoms with Gasteiger partial charge in [0.2, 0.25) is 0 Å². The van der Waals surface area contributed by atoms with Gasteiger partial charge in [-0.25, -0.2) is 4.39 Å². The van der Waals surface area contributed by atoms with Crippen molar-refractivity contribution in [2.45, 2.75) is 26.3 Å². The second-order valence-electron chi connectivity index (χ2n) is 4.96. The van der Waals surface area contributed by atoms with E-state index in [0.717, 1.165) is 23.0 Å². The average Bonchev–Trinajstić information content (AvgIpc) is 2.42. The highest BCUT2D eigenvalue weighted by atomic mass is 79.9. The van der Waals surface area contributed by atoms with Crippen LogP contribution in [-0.4, -0.2) is 6.54 Å². The van der Waals surface area contributed by atoms with Gasteiger partial charge in [-0.1, -0.05) is 52.7 Å². The molecule has 20 heavy (non-hydrogen) atoms. The minimum Gasteiger partial charge on any atom is -0.310 e. The van der Waals surface area contributed by atoms with Crippen molar-refractivity contribution in [1.82, 2.24) is 5.32 Å². The quantitative estimate of drug-likeness (QED) is 0.828. The second-order valence-corrected chi connectivity index (χ2v) is 5.82. The molecule has 0 saturated heterocycles. The number of hydrogen-bond acceptors (Lipinski definition) is 1. The van der Waals surface area contributed by atoms with E-state index < -0.39 is 0 Å². The summed E-state index contributed by atoms with van der Waals surface area (Å²) in [5, 5.41) is 3.48. The minimum atomic E-state index is -0.192. The molecule has 2 aromatic rings. The third kappa shape index (κ3) is 3.90. The maximum atomic E-state index is 13.4. The van der Waals surface area contributed by atoms with Crippen LogP contribution < -0.4 is 5.32 Å². The fourth-order valence-corrected chi connectivity index (χ4v) is 2.77. The Balaban J connectivity index is 2.27. The molecule has 0 amide bonds. The molecule has 1 nitrogen and oxygen atoms in total. The van der Waals surface area contributed by atoms with E-state index in [1.54, 1.807) is 12.1 Å².